The average molecular weight is 451 g/mol. The number of amides is 2. The van der Waals surface area contributed by atoms with Crippen molar-refractivity contribution < 1.29 is 24.2 Å². The van der Waals surface area contributed by atoms with E-state index in [2.05, 4.69) is 34.9 Å². The number of nitrogens with one attached hydrogen (secondary N) is 2. The lowest BCUT2D eigenvalue weighted by Gasteiger charge is -2.38. The van der Waals surface area contributed by atoms with Crippen LogP contribution in [-0.4, -0.2) is 42.8 Å². The molecule has 0 spiro atoms. The summed E-state index contributed by atoms with van der Waals surface area (Å²) in [6, 6.07) is 16.2. The first-order chi connectivity index (χ1) is 15.7. The number of carboxylic acid groups (broad SMARTS) is 1. The number of ether oxygens (including phenoxy) is 1. The second-order valence-corrected chi connectivity index (χ2v) is 9.68. The number of hydrogen-bond acceptors (Lipinski definition) is 4. The molecular weight excluding hydrogens is 420 g/mol. The van der Waals surface area contributed by atoms with Crippen molar-refractivity contribution in [3.05, 3.63) is 59.7 Å². The summed E-state index contributed by atoms with van der Waals surface area (Å²) in [6.45, 7) is 3.80. The van der Waals surface area contributed by atoms with Crippen LogP contribution in [0.25, 0.3) is 11.1 Å². The number of benzene rings is 2. The van der Waals surface area contributed by atoms with Crippen LogP contribution in [0.3, 0.4) is 0 Å². The maximum Gasteiger partial charge on any atom is 0.407 e. The fraction of sp³-hybridized carbons (Fsp3) is 0.423. The van der Waals surface area contributed by atoms with Crippen molar-refractivity contribution in [1.29, 1.82) is 0 Å². The Morgan fingerprint density at radius 1 is 1.00 bits per heavy atom. The van der Waals surface area contributed by atoms with E-state index in [0.29, 0.717) is 12.8 Å². The summed E-state index contributed by atoms with van der Waals surface area (Å²) in [4.78, 5) is 36.5. The fourth-order valence-corrected chi connectivity index (χ4v) is 4.58. The number of carbonyl (C=O) groups excluding carboxylic acids is 2. The molecule has 2 aromatic carbocycles. The summed E-state index contributed by atoms with van der Waals surface area (Å²) in [5.41, 5.74) is 2.82. The van der Waals surface area contributed by atoms with Crippen LogP contribution in [0, 0.1) is 10.8 Å². The van der Waals surface area contributed by atoms with E-state index in [4.69, 9.17) is 4.74 Å². The first-order valence-electron chi connectivity index (χ1n) is 11.3. The lowest BCUT2D eigenvalue weighted by atomic mass is 9.68. The summed E-state index contributed by atoms with van der Waals surface area (Å²) in [7, 11) is 0. The van der Waals surface area contributed by atoms with Crippen LogP contribution in [0.1, 0.15) is 50.2 Å². The first kappa shape index (κ1) is 22.8. The third kappa shape index (κ3) is 4.45. The van der Waals surface area contributed by atoms with Gasteiger partial charge in [0.2, 0.25) is 5.91 Å². The van der Waals surface area contributed by atoms with Crippen LogP contribution < -0.4 is 10.6 Å². The number of aliphatic carboxylic acids is 1. The van der Waals surface area contributed by atoms with Crippen LogP contribution in [0.2, 0.25) is 0 Å². The van der Waals surface area contributed by atoms with Gasteiger partial charge in [-0.05, 0) is 48.9 Å². The third-order valence-corrected chi connectivity index (χ3v) is 6.98. The molecule has 0 radical (unpaired) electrons. The van der Waals surface area contributed by atoms with Gasteiger partial charge in [-0.3, -0.25) is 9.59 Å². The topological polar surface area (TPSA) is 105 Å². The quantitative estimate of drug-likeness (QED) is 0.565. The van der Waals surface area contributed by atoms with Crippen molar-refractivity contribution in [3.8, 4) is 11.1 Å². The largest absolute Gasteiger partial charge is 0.481 e. The van der Waals surface area contributed by atoms with Gasteiger partial charge in [0.05, 0.1) is 10.8 Å². The van der Waals surface area contributed by atoms with Crippen LogP contribution in [-0.2, 0) is 14.3 Å². The van der Waals surface area contributed by atoms with Crippen molar-refractivity contribution >= 4 is 18.0 Å². The van der Waals surface area contributed by atoms with E-state index in [9.17, 15) is 19.5 Å². The van der Waals surface area contributed by atoms with Gasteiger partial charge in [-0.15, -0.1) is 0 Å². The summed E-state index contributed by atoms with van der Waals surface area (Å²) in [5, 5.41) is 14.9. The minimum atomic E-state index is -0.908. The molecule has 2 aromatic rings. The van der Waals surface area contributed by atoms with Crippen molar-refractivity contribution in [3.63, 3.8) is 0 Å². The fourth-order valence-electron chi connectivity index (χ4n) is 4.58. The van der Waals surface area contributed by atoms with Gasteiger partial charge in [-0.25, -0.2) is 4.79 Å². The molecule has 0 atom stereocenters. The molecule has 0 bridgehead atoms. The molecule has 1 saturated carbocycles. The Bertz CT molecular complexity index is 1030. The highest BCUT2D eigenvalue weighted by Crippen LogP contribution is 2.44. The van der Waals surface area contributed by atoms with Gasteiger partial charge in [0, 0.05) is 19.0 Å². The summed E-state index contributed by atoms with van der Waals surface area (Å²) < 4.78 is 5.53. The summed E-state index contributed by atoms with van der Waals surface area (Å²) >= 11 is 0. The standard InChI is InChI=1S/C26H30N2O5/c1-25(2,22(29)27-16-26(23(30)31)12-7-13-26)15-28-24(32)33-14-21-19-10-5-3-8-17(19)18-9-4-6-11-20(18)21/h3-6,8-11,21H,7,12-16H2,1-2H3,(H,27,29)(H,28,32)(H,30,31). The van der Waals surface area contributed by atoms with Crippen molar-refractivity contribution in [2.75, 3.05) is 19.7 Å². The molecule has 7 heteroatoms. The Labute approximate surface area is 193 Å². The number of carbonyl (C=O) groups is 3. The van der Waals surface area contributed by atoms with Crippen LogP contribution in [0.5, 0.6) is 0 Å². The van der Waals surface area contributed by atoms with Gasteiger partial charge in [0.1, 0.15) is 6.61 Å². The smallest absolute Gasteiger partial charge is 0.407 e. The zero-order valence-corrected chi connectivity index (χ0v) is 19.0. The second-order valence-electron chi connectivity index (χ2n) is 9.68. The Morgan fingerprint density at radius 3 is 2.09 bits per heavy atom. The van der Waals surface area contributed by atoms with E-state index in [-0.39, 0.29) is 31.5 Å². The minimum Gasteiger partial charge on any atom is -0.481 e. The molecule has 174 valence electrons. The Balaban J connectivity index is 1.30. The molecule has 2 amide bonds. The zero-order chi connectivity index (χ0) is 23.6. The lowest BCUT2D eigenvalue weighted by molar-refractivity contribution is -0.154. The molecule has 2 aliphatic carbocycles. The van der Waals surface area contributed by atoms with Gasteiger partial charge in [-0.1, -0.05) is 55.0 Å². The predicted molar refractivity (Wildman–Crippen MR) is 124 cm³/mol. The van der Waals surface area contributed by atoms with Gasteiger partial charge in [-0.2, -0.15) is 0 Å². The van der Waals surface area contributed by atoms with Crippen LogP contribution in [0.15, 0.2) is 48.5 Å². The number of fused-ring (bicyclic) bond motifs is 3. The molecule has 0 unspecified atom stereocenters. The maximum atomic E-state index is 12.6. The Hall–Kier alpha value is -3.35. The second kappa shape index (κ2) is 8.89. The minimum absolute atomic E-state index is 0.0332. The first-order valence-corrected chi connectivity index (χ1v) is 11.3. The molecule has 0 heterocycles. The molecule has 33 heavy (non-hydrogen) atoms. The molecular formula is C26H30N2O5. The average Bonchev–Trinajstić information content (AvgIpc) is 3.09. The summed E-state index contributed by atoms with van der Waals surface area (Å²) in [6.07, 6.45) is 1.41. The van der Waals surface area contributed by atoms with Crippen molar-refractivity contribution in [2.24, 2.45) is 10.8 Å². The van der Waals surface area contributed by atoms with Gasteiger partial charge in [0.25, 0.3) is 0 Å². The zero-order valence-electron chi connectivity index (χ0n) is 19.0. The number of rotatable bonds is 8. The van der Waals surface area contributed by atoms with Crippen molar-refractivity contribution in [1.82, 2.24) is 10.6 Å². The monoisotopic (exact) mass is 450 g/mol. The Kier molecular flexibility index (Phi) is 6.15. The number of carboxylic acids is 1. The predicted octanol–water partition coefficient (Wildman–Crippen LogP) is 3.92. The highest BCUT2D eigenvalue weighted by Gasteiger charge is 2.45. The molecule has 0 aliphatic heterocycles. The van der Waals surface area contributed by atoms with Gasteiger partial charge >= 0.3 is 12.1 Å². The van der Waals surface area contributed by atoms with E-state index in [0.717, 1.165) is 28.7 Å². The van der Waals surface area contributed by atoms with Gasteiger partial charge in [0.15, 0.2) is 0 Å². The molecule has 7 nitrogen and oxygen atoms in total. The van der Waals surface area contributed by atoms with Gasteiger partial charge < -0.3 is 20.5 Å². The molecule has 3 N–H and O–H groups in total. The maximum absolute atomic E-state index is 12.6. The SMILES string of the molecule is CC(C)(CNC(=O)OCC1c2ccccc2-c2ccccc21)C(=O)NCC1(C(=O)O)CCC1. The number of hydrogen-bond donors (Lipinski definition) is 3. The molecule has 0 aromatic heterocycles. The molecule has 4 rings (SSSR count). The van der Waals surface area contributed by atoms with E-state index < -0.39 is 22.9 Å². The van der Waals surface area contributed by atoms with E-state index in [1.807, 2.05) is 24.3 Å². The number of alkyl carbamates (subject to hydrolysis) is 1. The van der Waals surface area contributed by atoms with Crippen LogP contribution >= 0.6 is 0 Å². The van der Waals surface area contributed by atoms with E-state index >= 15 is 0 Å². The molecule has 1 fully saturated rings. The van der Waals surface area contributed by atoms with E-state index in [1.165, 1.54) is 0 Å². The van der Waals surface area contributed by atoms with Crippen LogP contribution in [0.4, 0.5) is 4.79 Å². The normalized spacial score (nSPS) is 16.2. The van der Waals surface area contributed by atoms with E-state index in [1.54, 1.807) is 13.8 Å². The highest BCUT2D eigenvalue weighted by molar-refractivity contribution is 5.84. The molecule has 2 aliphatic rings. The third-order valence-electron chi connectivity index (χ3n) is 6.98. The lowest BCUT2D eigenvalue weighted by Crippen LogP contribution is -2.52. The molecule has 0 saturated heterocycles. The Morgan fingerprint density at radius 2 is 1.58 bits per heavy atom. The van der Waals surface area contributed by atoms with Crippen molar-refractivity contribution in [2.45, 2.75) is 39.0 Å². The summed E-state index contributed by atoms with van der Waals surface area (Å²) in [5.74, 6) is -1.20. The highest BCUT2D eigenvalue weighted by atomic mass is 16.5.